The van der Waals surface area contributed by atoms with Crippen molar-refractivity contribution in [3.8, 4) is 11.5 Å². The normalized spacial score (nSPS) is 10.1. The topological polar surface area (TPSA) is 84.6 Å². The quantitative estimate of drug-likeness (QED) is 0.751. The standard InChI is InChI=1S/C14H13FN2O3/c1-20-13-5-3-9(7-11(13)16)17-14(19)10-4-2-8(15)6-12(10)18/h2-7,18H,16H2,1H3,(H,17,19). The van der Waals surface area contributed by atoms with Gasteiger partial charge in [-0.25, -0.2) is 4.39 Å². The van der Waals surface area contributed by atoms with Crippen LogP contribution < -0.4 is 15.8 Å². The second-order valence-corrected chi connectivity index (χ2v) is 4.07. The molecule has 0 unspecified atom stereocenters. The Kier molecular flexibility index (Phi) is 3.74. The molecule has 2 rings (SSSR count). The van der Waals surface area contributed by atoms with E-state index in [0.29, 0.717) is 17.1 Å². The van der Waals surface area contributed by atoms with E-state index in [-0.39, 0.29) is 5.56 Å². The zero-order valence-electron chi connectivity index (χ0n) is 10.7. The number of phenolic OH excluding ortho intramolecular Hbond substituents is 1. The van der Waals surface area contributed by atoms with Crippen molar-refractivity contribution in [2.45, 2.75) is 0 Å². The Morgan fingerprint density at radius 1 is 1.30 bits per heavy atom. The van der Waals surface area contributed by atoms with Gasteiger partial charge in [0.25, 0.3) is 5.91 Å². The molecule has 0 saturated carbocycles. The summed E-state index contributed by atoms with van der Waals surface area (Å²) in [5.74, 6) is -1.11. The molecule has 0 atom stereocenters. The lowest BCUT2D eigenvalue weighted by Crippen LogP contribution is -2.12. The highest BCUT2D eigenvalue weighted by Gasteiger charge is 2.12. The van der Waals surface area contributed by atoms with Gasteiger partial charge in [0.2, 0.25) is 0 Å². The van der Waals surface area contributed by atoms with Gasteiger partial charge in [0.15, 0.2) is 0 Å². The van der Waals surface area contributed by atoms with Gasteiger partial charge in [0.05, 0.1) is 18.4 Å². The Morgan fingerprint density at radius 3 is 2.65 bits per heavy atom. The molecule has 0 spiro atoms. The summed E-state index contributed by atoms with van der Waals surface area (Å²) in [6.45, 7) is 0. The van der Waals surface area contributed by atoms with E-state index >= 15 is 0 Å². The highest BCUT2D eigenvalue weighted by Crippen LogP contribution is 2.25. The molecule has 0 aromatic heterocycles. The number of nitrogens with one attached hydrogen (secondary N) is 1. The second kappa shape index (κ2) is 5.48. The average molecular weight is 276 g/mol. The van der Waals surface area contributed by atoms with E-state index in [1.54, 1.807) is 12.1 Å². The number of amides is 1. The van der Waals surface area contributed by atoms with Crippen LogP contribution in [0.4, 0.5) is 15.8 Å². The summed E-state index contributed by atoms with van der Waals surface area (Å²) in [5.41, 5.74) is 6.50. The SMILES string of the molecule is COc1ccc(NC(=O)c2ccc(F)cc2O)cc1N. The van der Waals surface area contributed by atoms with Gasteiger partial charge in [-0.1, -0.05) is 0 Å². The maximum Gasteiger partial charge on any atom is 0.259 e. The van der Waals surface area contributed by atoms with Gasteiger partial charge in [-0.05, 0) is 30.3 Å². The van der Waals surface area contributed by atoms with Crippen LogP contribution in [0.5, 0.6) is 11.5 Å². The minimum absolute atomic E-state index is 0.0270. The van der Waals surface area contributed by atoms with Gasteiger partial charge in [-0.15, -0.1) is 0 Å². The minimum Gasteiger partial charge on any atom is -0.507 e. The summed E-state index contributed by atoms with van der Waals surface area (Å²) in [5, 5.41) is 12.1. The van der Waals surface area contributed by atoms with Crippen molar-refractivity contribution in [3.63, 3.8) is 0 Å². The molecule has 0 aliphatic heterocycles. The number of hydrogen-bond donors (Lipinski definition) is 3. The van der Waals surface area contributed by atoms with Crippen molar-refractivity contribution in [2.75, 3.05) is 18.2 Å². The van der Waals surface area contributed by atoms with Crippen molar-refractivity contribution in [3.05, 3.63) is 47.8 Å². The number of phenols is 1. The highest BCUT2D eigenvalue weighted by atomic mass is 19.1. The molecule has 0 fully saturated rings. The Hall–Kier alpha value is -2.76. The number of hydrogen-bond acceptors (Lipinski definition) is 4. The van der Waals surface area contributed by atoms with Crippen molar-refractivity contribution < 1.29 is 19.0 Å². The lowest BCUT2D eigenvalue weighted by Gasteiger charge is -2.09. The largest absolute Gasteiger partial charge is 0.507 e. The zero-order valence-corrected chi connectivity index (χ0v) is 10.7. The number of benzene rings is 2. The van der Waals surface area contributed by atoms with Crippen LogP contribution in [0.1, 0.15) is 10.4 Å². The molecular formula is C14H13FN2O3. The molecule has 2 aromatic rings. The van der Waals surface area contributed by atoms with Gasteiger partial charge >= 0.3 is 0 Å². The molecule has 5 nitrogen and oxygen atoms in total. The molecule has 4 N–H and O–H groups in total. The third-order valence-electron chi connectivity index (χ3n) is 2.69. The Morgan fingerprint density at radius 2 is 2.05 bits per heavy atom. The summed E-state index contributed by atoms with van der Waals surface area (Å²) in [6, 6.07) is 7.90. The fraction of sp³-hybridized carbons (Fsp3) is 0.0714. The molecular weight excluding hydrogens is 263 g/mol. The van der Waals surface area contributed by atoms with E-state index in [4.69, 9.17) is 10.5 Å². The van der Waals surface area contributed by atoms with Crippen molar-refractivity contribution >= 4 is 17.3 Å². The van der Waals surface area contributed by atoms with Crippen LogP contribution in [-0.2, 0) is 0 Å². The third-order valence-corrected chi connectivity index (χ3v) is 2.69. The number of nitrogens with two attached hydrogens (primary N) is 1. The summed E-state index contributed by atoms with van der Waals surface area (Å²) < 4.78 is 17.9. The summed E-state index contributed by atoms with van der Waals surface area (Å²) >= 11 is 0. The van der Waals surface area contributed by atoms with Gasteiger partial charge in [0, 0.05) is 11.8 Å². The van der Waals surface area contributed by atoms with Crippen LogP contribution in [0, 0.1) is 5.82 Å². The van der Waals surface area contributed by atoms with E-state index in [9.17, 15) is 14.3 Å². The van der Waals surface area contributed by atoms with Crippen LogP contribution in [0.15, 0.2) is 36.4 Å². The van der Waals surface area contributed by atoms with Crippen LogP contribution >= 0.6 is 0 Å². The van der Waals surface area contributed by atoms with E-state index in [2.05, 4.69) is 5.32 Å². The van der Waals surface area contributed by atoms with Gasteiger partial charge in [-0.2, -0.15) is 0 Å². The minimum atomic E-state index is -0.618. The number of halogens is 1. The predicted molar refractivity (Wildman–Crippen MR) is 73.4 cm³/mol. The highest BCUT2D eigenvalue weighted by molar-refractivity contribution is 6.06. The number of rotatable bonds is 3. The van der Waals surface area contributed by atoms with E-state index in [1.807, 2.05) is 0 Å². The van der Waals surface area contributed by atoms with E-state index in [1.165, 1.54) is 19.2 Å². The molecule has 0 heterocycles. The number of anilines is 2. The monoisotopic (exact) mass is 276 g/mol. The number of carbonyl (C=O) groups is 1. The first-order valence-electron chi connectivity index (χ1n) is 5.74. The summed E-state index contributed by atoms with van der Waals surface area (Å²) in [7, 11) is 1.49. The van der Waals surface area contributed by atoms with Crippen molar-refractivity contribution in [1.82, 2.24) is 0 Å². The van der Waals surface area contributed by atoms with Gasteiger partial charge in [-0.3, -0.25) is 4.79 Å². The molecule has 0 saturated heterocycles. The number of aromatic hydroxyl groups is 1. The lowest BCUT2D eigenvalue weighted by atomic mass is 10.1. The molecule has 20 heavy (non-hydrogen) atoms. The first-order chi connectivity index (χ1) is 9.51. The molecule has 0 radical (unpaired) electrons. The van der Waals surface area contributed by atoms with Crippen LogP contribution in [0.2, 0.25) is 0 Å². The molecule has 0 bridgehead atoms. The second-order valence-electron chi connectivity index (χ2n) is 4.07. The molecule has 2 aromatic carbocycles. The maximum absolute atomic E-state index is 12.9. The summed E-state index contributed by atoms with van der Waals surface area (Å²) in [6.07, 6.45) is 0. The Bertz CT molecular complexity index is 659. The number of methoxy groups -OCH3 is 1. The lowest BCUT2D eigenvalue weighted by molar-refractivity contribution is 0.102. The molecule has 1 amide bonds. The van der Waals surface area contributed by atoms with E-state index < -0.39 is 17.5 Å². The Labute approximate surface area is 114 Å². The Balaban J connectivity index is 2.21. The van der Waals surface area contributed by atoms with Crippen molar-refractivity contribution in [1.29, 1.82) is 0 Å². The van der Waals surface area contributed by atoms with Gasteiger partial charge in [0.1, 0.15) is 17.3 Å². The smallest absolute Gasteiger partial charge is 0.259 e. The van der Waals surface area contributed by atoms with Crippen LogP contribution in [0.3, 0.4) is 0 Å². The molecule has 104 valence electrons. The fourth-order valence-corrected chi connectivity index (χ4v) is 1.71. The third kappa shape index (κ3) is 2.80. The molecule has 6 heteroatoms. The first-order valence-corrected chi connectivity index (χ1v) is 5.74. The number of carbonyl (C=O) groups excluding carboxylic acids is 1. The maximum atomic E-state index is 12.9. The fourth-order valence-electron chi connectivity index (χ4n) is 1.71. The van der Waals surface area contributed by atoms with E-state index in [0.717, 1.165) is 12.1 Å². The first kappa shape index (κ1) is 13.7. The molecule has 0 aliphatic carbocycles. The van der Waals surface area contributed by atoms with Gasteiger partial charge < -0.3 is 20.9 Å². The average Bonchev–Trinajstić information content (AvgIpc) is 2.38. The zero-order chi connectivity index (χ0) is 14.7. The van der Waals surface area contributed by atoms with Crippen LogP contribution in [0.25, 0.3) is 0 Å². The number of nitrogen functional groups attached to an aromatic ring is 1. The molecule has 0 aliphatic rings. The van der Waals surface area contributed by atoms with Crippen molar-refractivity contribution in [2.24, 2.45) is 0 Å². The summed E-state index contributed by atoms with van der Waals surface area (Å²) in [4.78, 5) is 11.9. The predicted octanol–water partition coefficient (Wildman–Crippen LogP) is 2.37. The number of ether oxygens (including phenoxy) is 1. The van der Waals surface area contributed by atoms with Crippen LogP contribution in [-0.4, -0.2) is 18.1 Å².